The van der Waals surface area contributed by atoms with Crippen molar-refractivity contribution >= 4 is 9.28 Å². The summed E-state index contributed by atoms with van der Waals surface area (Å²) in [5, 5.41) is 0. The number of ether oxygens (including phenoxy) is 2. The van der Waals surface area contributed by atoms with E-state index in [1.165, 1.54) is 0 Å². The maximum absolute atomic E-state index is 5.64. The van der Waals surface area contributed by atoms with Crippen LogP contribution < -0.4 is 0 Å². The third-order valence-electron chi connectivity index (χ3n) is 2.20. The lowest BCUT2D eigenvalue weighted by molar-refractivity contribution is 0.0587. The van der Waals surface area contributed by atoms with Crippen LogP contribution in [-0.2, 0) is 18.3 Å². The molecule has 90 valence electrons. The first-order valence-corrected chi connectivity index (χ1v) is 7.48. The highest BCUT2D eigenvalue weighted by Crippen LogP contribution is 2.12. The number of epoxide rings is 1. The topological polar surface area (TPSA) is 40.2 Å². The molecule has 0 aromatic carbocycles. The highest BCUT2D eigenvalue weighted by molar-refractivity contribution is 6.44. The van der Waals surface area contributed by atoms with E-state index in [1.54, 1.807) is 0 Å². The molecule has 5 heteroatoms. The molecule has 0 aliphatic carbocycles. The molecule has 1 aliphatic heterocycles. The lowest BCUT2D eigenvalue weighted by atomic mass is 10.4. The van der Waals surface area contributed by atoms with Gasteiger partial charge in [-0.1, -0.05) is 0 Å². The van der Waals surface area contributed by atoms with Crippen LogP contribution in [0.5, 0.6) is 0 Å². The quantitative estimate of drug-likeness (QED) is 0.442. The Morgan fingerprint density at radius 3 is 2.40 bits per heavy atom. The van der Waals surface area contributed by atoms with Gasteiger partial charge in [-0.05, 0) is 20.8 Å². The molecule has 1 rings (SSSR count). The Balaban J connectivity index is 2.09. The standard InChI is InChI=1S/C10H22O4Si/c1-4-13-15(14-5-2)8-9(3)11-6-10-7-12-10/h9-10,15H,4-8H2,1-3H3. The van der Waals surface area contributed by atoms with Gasteiger partial charge in [0.1, 0.15) is 6.10 Å². The molecule has 2 atom stereocenters. The SMILES string of the molecule is CCO[SiH](CC(C)OCC1CO1)OCC. The van der Waals surface area contributed by atoms with Crippen LogP contribution in [0.1, 0.15) is 20.8 Å². The molecule has 0 N–H and O–H groups in total. The van der Waals surface area contributed by atoms with Crippen molar-refractivity contribution < 1.29 is 18.3 Å². The Bertz CT molecular complexity index is 158. The third kappa shape index (κ3) is 6.27. The summed E-state index contributed by atoms with van der Waals surface area (Å²) in [4.78, 5) is 0. The molecule has 0 radical (unpaired) electrons. The summed E-state index contributed by atoms with van der Waals surface area (Å²) in [5.74, 6) is 0. The smallest absolute Gasteiger partial charge is 0.324 e. The Kier molecular flexibility index (Phi) is 6.43. The van der Waals surface area contributed by atoms with E-state index < -0.39 is 9.28 Å². The molecule has 15 heavy (non-hydrogen) atoms. The van der Waals surface area contributed by atoms with Crippen LogP contribution >= 0.6 is 0 Å². The minimum Gasteiger partial charge on any atom is -0.397 e. The zero-order valence-electron chi connectivity index (χ0n) is 9.90. The van der Waals surface area contributed by atoms with Crippen molar-refractivity contribution in [1.82, 2.24) is 0 Å². The van der Waals surface area contributed by atoms with Crippen molar-refractivity contribution in [3.8, 4) is 0 Å². The molecule has 0 amide bonds. The van der Waals surface area contributed by atoms with E-state index in [0.29, 0.717) is 12.7 Å². The fourth-order valence-corrected chi connectivity index (χ4v) is 3.12. The fourth-order valence-electron chi connectivity index (χ4n) is 1.33. The Morgan fingerprint density at radius 1 is 1.33 bits per heavy atom. The van der Waals surface area contributed by atoms with Gasteiger partial charge >= 0.3 is 9.28 Å². The second-order valence-corrected chi connectivity index (χ2v) is 5.67. The number of hydrogen-bond donors (Lipinski definition) is 0. The van der Waals surface area contributed by atoms with E-state index in [0.717, 1.165) is 25.9 Å². The molecule has 1 fully saturated rings. The normalized spacial score (nSPS) is 22.0. The van der Waals surface area contributed by atoms with Crippen molar-refractivity contribution in [2.45, 2.75) is 39.0 Å². The molecular formula is C10H22O4Si. The predicted octanol–water partition coefficient (Wildman–Crippen LogP) is 1.08. The van der Waals surface area contributed by atoms with Crippen LogP contribution in [0.2, 0.25) is 6.04 Å². The van der Waals surface area contributed by atoms with Gasteiger partial charge in [-0.2, -0.15) is 0 Å². The van der Waals surface area contributed by atoms with Gasteiger partial charge in [0.15, 0.2) is 0 Å². The monoisotopic (exact) mass is 234 g/mol. The maximum Gasteiger partial charge on any atom is 0.324 e. The first kappa shape index (κ1) is 13.1. The summed E-state index contributed by atoms with van der Waals surface area (Å²) in [6, 6.07) is 0.911. The number of rotatable bonds is 9. The highest BCUT2D eigenvalue weighted by Gasteiger charge is 2.24. The molecule has 0 saturated carbocycles. The van der Waals surface area contributed by atoms with E-state index in [4.69, 9.17) is 18.3 Å². The maximum atomic E-state index is 5.64. The van der Waals surface area contributed by atoms with E-state index in [-0.39, 0.29) is 6.10 Å². The second kappa shape index (κ2) is 7.35. The Hall–Kier alpha value is 0.0569. The van der Waals surface area contributed by atoms with Crippen LogP contribution in [0.15, 0.2) is 0 Å². The van der Waals surface area contributed by atoms with Gasteiger partial charge in [-0.15, -0.1) is 0 Å². The molecule has 1 aliphatic rings. The summed E-state index contributed by atoms with van der Waals surface area (Å²) in [6.07, 6.45) is 0.552. The highest BCUT2D eigenvalue weighted by atomic mass is 28.3. The lowest BCUT2D eigenvalue weighted by Gasteiger charge is -2.19. The van der Waals surface area contributed by atoms with E-state index in [9.17, 15) is 0 Å². The Morgan fingerprint density at radius 2 is 1.93 bits per heavy atom. The van der Waals surface area contributed by atoms with Crippen LogP contribution in [0.3, 0.4) is 0 Å². The predicted molar refractivity (Wildman–Crippen MR) is 60.4 cm³/mol. The van der Waals surface area contributed by atoms with Crippen molar-refractivity contribution in [3.63, 3.8) is 0 Å². The van der Waals surface area contributed by atoms with Crippen molar-refractivity contribution in [3.05, 3.63) is 0 Å². The van der Waals surface area contributed by atoms with Crippen LogP contribution in [-0.4, -0.2) is 47.9 Å². The van der Waals surface area contributed by atoms with Gasteiger partial charge in [0.2, 0.25) is 0 Å². The molecule has 2 unspecified atom stereocenters. The van der Waals surface area contributed by atoms with Gasteiger partial charge in [0, 0.05) is 19.3 Å². The minimum atomic E-state index is -1.50. The van der Waals surface area contributed by atoms with E-state index >= 15 is 0 Å². The van der Waals surface area contributed by atoms with Gasteiger partial charge < -0.3 is 18.3 Å². The first-order chi connectivity index (χ1) is 7.26. The molecule has 4 nitrogen and oxygen atoms in total. The molecule has 0 bridgehead atoms. The third-order valence-corrected chi connectivity index (χ3v) is 4.66. The van der Waals surface area contributed by atoms with Crippen LogP contribution in [0, 0.1) is 0 Å². The van der Waals surface area contributed by atoms with Gasteiger partial charge in [-0.3, -0.25) is 0 Å². The summed E-state index contributed by atoms with van der Waals surface area (Å²) >= 11 is 0. The molecule has 0 aromatic rings. The van der Waals surface area contributed by atoms with Crippen molar-refractivity contribution in [2.24, 2.45) is 0 Å². The zero-order valence-corrected chi connectivity index (χ0v) is 11.1. The van der Waals surface area contributed by atoms with Crippen molar-refractivity contribution in [2.75, 3.05) is 26.4 Å². The Labute approximate surface area is 93.7 Å². The van der Waals surface area contributed by atoms with E-state index in [1.807, 2.05) is 13.8 Å². The zero-order chi connectivity index (χ0) is 11.1. The lowest BCUT2D eigenvalue weighted by Crippen LogP contribution is -2.28. The summed E-state index contributed by atoms with van der Waals surface area (Å²) < 4.78 is 21.9. The molecule has 1 heterocycles. The number of hydrogen-bond acceptors (Lipinski definition) is 4. The average molecular weight is 234 g/mol. The first-order valence-electron chi connectivity index (χ1n) is 5.72. The second-order valence-electron chi connectivity index (χ2n) is 3.68. The van der Waals surface area contributed by atoms with Crippen molar-refractivity contribution in [1.29, 1.82) is 0 Å². The largest absolute Gasteiger partial charge is 0.397 e. The average Bonchev–Trinajstić information content (AvgIpc) is 2.99. The fraction of sp³-hybridized carbons (Fsp3) is 1.00. The minimum absolute atomic E-state index is 0.212. The molecule has 0 aromatic heterocycles. The van der Waals surface area contributed by atoms with Gasteiger partial charge in [0.25, 0.3) is 0 Å². The van der Waals surface area contributed by atoms with Crippen LogP contribution in [0.4, 0.5) is 0 Å². The summed E-state index contributed by atoms with van der Waals surface area (Å²) in [6.45, 7) is 9.10. The van der Waals surface area contributed by atoms with Gasteiger partial charge in [0.05, 0.1) is 19.3 Å². The molecule has 0 spiro atoms. The molecular weight excluding hydrogens is 212 g/mol. The summed E-state index contributed by atoms with van der Waals surface area (Å²) in [7, 11) is -1.50. The molecule has 1 saturated heterocycles. The van der Waals surface area contributed by atoms with Gasteiger partial charge in [-0.25, -0.2) is 0 Å². The van der Waals surface area contributed by atoms with Crippen LogP contribution in [0.25, 0.3) is 0 Å². The van der Waals surface area contributed by atoms with E-state index in [2.05, 4.69) is 6.92 Å². The summed E-state index contributed by atoms with van der Waals surface area (Å²) in [5.41, 5.74) is 0.